The first-order valence-corrected chi connectivity index (χ1v) is 4.98. The third kappa shape index (κ3) is 1.38. The quantitative estimate of drug-likeness (QED) is 0.623. The Morgan fingerprint density at radius 2 is 1.92 bits per heavy atom. The second-order valence-electron chi connectivity index (χ2n) is 4.27. The highest BCUT2D eigenvalue weighted by atomic mass is 15.4. The van der Waals surface area contributed by atoms with Crippen LogP contribution in [0.2, 0.25) is 0 Å². The summed E-state index contributed by atoms with van der Waals surface area (Å²) < 4.78 is 0. The highest BCUT2D eigenvalue weighted by molar-refractivity contribution is 4.95. The van der Waals surface area contributed by atoms with Crippen molar-refractivity contribution in [2.75, 3.05) is 20.6 Å². The van der Waals surface area contributed by atoms with Gasteiger partial charge in [0.2, 0.25) is 0 Å². The first kappa shape index (κ1) is 10.0. The summed E-state index contributed by atoms with van der Waals surface area (Å²) in [5.41, 5.74) is 0.398. The summed E-state index contributed by atoms with van der Waals surface area (Å²) in [5.74, 6) is 0. The largest absolute Gasteiger partial charge is 0.289 e. The lowest BCUT2D eigenvalue weighted by atomic mass is 9.99. The molecule has 1 saturated heterocycles. The number of rotatable bonds is 2. The van der Waals surface area contributed by atoms with Crippen molar-refractivity contribution >= 4 is 0 Å². The SMILES string of the molecule is CCC1N(C)CC(C)(CC)N1C. The number of likely N-dealkylation sites (N-methyl/N-ethyl adjacent to an activating group) is 2. The molecule has 1 fully saturated rings. The van der Waals surface area contributed by atoms with Gasteiger partial charge in [0.05, 0.1) is 6.17 Å². The molecule has 0 aromatic heterocycles. The molecule has 2 heteroatoms. The lowest BCUT2D eigenvalue weighted by Gasteiger charge is -2.33. The van der Waals surface area contributed by atoms with Crippen LogP contribution in [0.5, 0.6) is 0 Å². The van der Waals surface area contributed by atoms with E-state index in [2.05, 4.69) is 44.7 Å². The normalized spacial score (nSPS) is 39.2. The van der Waals surface area contributed by atoms with E-state index in [0.717, 1.165) is 0 Å². The Morgan fingerprint density at radius 1 is 1.33 bits per heavy atom. The molecule has 0 bridgehead atoms. The van der Waals surface area contributed by atoms with Crippen LogP contribution in [0.4, 0.5) is 0 Å². The van der Waals surface area contributed by atoms with E-state index in [-0.39, 0.29) is 0 Å². The van der Waals surface area contributed by atoms with Crippen LogP contribution < -0.4 is 0 Å². The van der Waals surface area contributed by atoms with Gasteiger partial charge in [-0.2, -0.15) is 0 Å². The molecule has 72 valence electrons. The molecule has 0 aromatic carbocycles. The van der Waals surface area contributed by atoms with Gasteiger partial charge in [-0.05, 0) is 33.9 Å². The topological polar surface area (TPSA) is 6.48 Å². The Labute approximate surface area is 76.5 Å². The molecule has 0 amide bonds. The standard InChI is InChI=1S/C10H22N2/c1-6-9-11(4)8-10(3,7-2)12(9)5/h9H,6-8H2,1-5H3. The monoisotopic (exact) mass is 170 g/mol. The Bertz CT molecular complexity index is 158. The van der Waals surface area contributed by atoms with Crippen molar-refractivity contribution in [3.63, 3.8) is 0 Å². The smallest absolute Gasteiger partial charge is 0.0620 e. The van der Waals surface area contributed by atoms with Crippen LogP contribution >= 0.6 is 0 Å². The average Bonchev–Trinajstić information content (AvgIpc) is 2.25. The van der Waals surface area contributed by atoms with Gasteiger partial charge < -0.3 is 0 Å². The molecule has 1 aliphatic rings. The summed E-state index contributed by atoms with van der Waals surface area (Å²) in [6.07, 6.45) is 3.11. The Hall–Kier alpha value is -0.0800. The van der Waals surface area contributed by atoms with E-state index in [1.165, 1.54) is 19.4 Å². The molecule has 2 unspecified atom stereocenters. The van der Waals surface area contributed by atoms with E-state index in [9.17, 15) is 0 Å². The van der Waals surface area contributed by atoms with Crippen LogP contribution in [-0.4, -0.2) is 42.1 Å². The van der Waals surface area contributed by atoms with Gasteiger partial charge in [-0.15, -0.1) is 0 Å². The minimum Gasteiger partial charge on any atom is -0.289 e. The summed E-state index contributed by atoms with van der Waals surface area (Å²) in [6.45, 7) is 8.11. The fourth-order valence-corrected chi connectivity index (χ4v) is 2.36. The van der Waals surface area contributed by atoms with E-state index >= 15 is 0 Å². The molecular weight excluding hydrogens is 148 g/mol. The molecule has 0 radical (unpaired) electrons. The molecule has 0 aromatic rings. The summed E-state index contributed by atoms with van der Waals surface area (Å²) >= 11 is 0. The van der Waals surface area contributed by atoms with Crippen molar-refractivity contribution < 1.29 is 0 Å². The van der Waals surface area contributed by atoms with Crippen LogP contribution in [0.1, 0.15) is 33.6 Å². The van der Waals surface area contributed by atoms with Crippen molar-refractivity contribution in [3.8, 4) is 0 Å². The summed E-state index contributed by atoms with van der Waals surface area (Å²) in [4.78, 5) is 4.98. The predicted molar refractivity (Wildman–Crippen MR) is 53.2 cm³/mol. The van der Waals surface area contributed by atoms with Crippen LogP contribution in [-0.2, 0) is 0 Å². The van der Waals surface area contributed by atoms with E-state index in [0.29, 0.717) is 11.7 Å². The molecule has 1 aliphatic heterocycles. The van der Waals surface area contributed by atoms with Gasteiger partial charge in [-0.25, -0.2) is 0 Å². The van der Waals surface area contributed by atoms with E-state index in [1.807, 2.05) is 0 Å². The van der Waals surface area contributed by atoms with Gasteiger partial charge in [0, 0.05) is 12.1 Å². The lowest BCUT2D eigenvalue weighted by molar-refractivity contribution is 0.123. The second kappa shape index (κ2) is 3.35. The van der Waals surface area contributed by atoms with E-state index in [4.69, 9.17) is 0 Å². The Morgan fingerprint density at radius 3 is 2.17 bits per heavy atom. The van der Waals surface area contributed by atoms with Crippen LogP contribution in [0.25, 0.3) is 0 Å². The van der Waals surface area contributed by atoms with Crippen LogP contribution in [0.3, 0.4) is 0 Å². The maximum atomic E-state index is 2.52. The van der Waals surface area contributed by atoms with Crippen LogP contribution in [0, 0.1) is 0 Å². The molecule has 1 rings (SSSR count). The maximum absolute atomic E-state index is 2.52. The first-order valence-electron chi connectivity index (χ1n) is 4.98. The molecule has 0 aliphatic carbocycles. The second-order valence-corrected chi connectivity index (χ2v) is 4.27. The van der Waals surface area contributed by atoms with Gasteiger partial charge in [0.25, 0.3) is 0 Å². The first-order chi connectivity index (χ1) is 5.55. The minimum atomic E-state index is 0.398. The Balaban J connectivity index is 2.74. The summed E-state index contributed by atoms with van der Waals surface area (Å²) in [6, 6.07) is 0. The zero-order chi connectivity index (χ0) is 9.35. The van der Waals surface area contributed by atoms with Gasteiger partial charge >= 0.3 is 0 Å². The van der Waals surface area contributed by atoms with Crippen LogP contribution in [0.15, 0.2) is 0 Å². The summed E-state index contributed by atoms with van der Waals surface area (Å²) in [5, 5.41) is 0. The third-order valence-electron chi connectivity index (χ3n) is 3.52. The molecule has 0 N–H and O–H groups in total. The van der Waals surface area contributed by atoms with E-state index < -0.39 is 0 Å². The highest BCUT2D eigenvalue weighted by Gasteiger charge is 2.41. The molecule has 2 atom stereocenters. The van der Waals surface area contributed by atoms with Crippen molar-refractivity contribution in [1.82, 2.24) is 9.80 Å². The molecule has 12 heavy (non-hydrogen) atoms. The lowest BCUT2D eigenvalue weighted by Crippen LogP contribution is -2.43. The van der Waals surface area contributed by atoms with Crippen molar-refractivity contribution in [3.05, 3.63) is 0 Å². The van der Waals surface area contributed by atoms with Gasteiger partial charge in [0.1, 0.15) is 0 Å². The third-order valence-corrected chi connectivity index (χ3v) is 3.52. The molecule has 0 spiro atoms. The van der Waals surface area contributed by atoms with E-state index in [1.54, 1.807) is 0 Å². The van der Waals surface area contributed by atoms with Crippen molar-refractivity contribution in [2.45, 2.75) is 45.3 Å². The average molecular weight is 170 g/mol. The molecule has 0 saturated carbocycles. The summed E-state index contributed by atoms with van der Waals surface area (Å²) in [7, 11) is 4.48. The zero-order valence-corrected chi connectivity index (χ0v) is 9.09. The van der Waals surface area contributed by atoms with Gasteiger partial charge in [0.15, 0.2) is 0 Å². The number of nitrogens with zero attached hydrogens (tertiary/aromatic N) is 2. The molecular formula is C10H22N2. The number of hydrogen-bond acceptors (Lipinski definition) is 2. The molecule has 2 nitrogen and oxygen atoms in total. The number of hydrogen-bond donors (Lipinski definition) is 0. The molecule has 1 heterocycles. The van der Waals surface area contributed by atoms with Gasteiger partial charge in [-0.1, -0.05) is 13.8 Å². The highest BCUT2D eigenvalue weighted by Crippen LogP contribution is 2.30. The maximum Gasteiger partial charge on any atom is 0.0620 e. The van der Waals surface area contributed by atoms with Gasteiger partial charge in [-0.3, -0.25) is 9.80 Å². The fourth-order valence-electron chi connectivity index (χ4n) is 2.36. The minimum absolute atomic E-state index is 0.398. The zero-order valence-electron chi connectivity index (χ0n) is 9.09. The fraction of sp³-hybridized carbons (Fsp3) is 1.00. The Kier molecular flexibility index (Phi) is 2.79. The van der Waals surface area contributed by atoms with Crippen molar-refractivity contribution in [2.24, 2.45) is 0 Å². The van der Waals surface area contributed by atoms with Crippen molar-refractivity contribution in [1.29, 1.82) is 0 Å². The predicted octanol–water partition coefficient (Wildman–Crippen LogP) is 1.77.